The normalized spacial score (nSPS) is 12.6. The van der Waals surface area contributed by atoms with Gasteiger partial charge in [0.15, 0.2) is 0 Å². The van der Waals surface area contributed by atoms with Crippen LogP contribution < -0.4 is 5.73 Å². The van der Waals surface area contributed by atoms with Gasteiger partial charge in [-0.25, -0.2) is 0 Å². The summed E-state index contributed by atoms with van der Waals surface area (Å²) in [5, 5.41) is 0. The number of carbonyl (C=O) groups is 1. The van der Waals surface area contributed by atoms with Gasteiger partial charge in [-0.15, -0.1) is 0 Å². The first-order valence-electron chi connectivity index (χ1n) is 4.25. The average molecular weight is 191 g/mol. The third-order valence-corrected chi connectivity index (χ3v) is 1.74. The summed E-state index contributed by atoms with van der Waals surface area (Å²) < 4.78 is 4.90. The van der Waals surface area contributed by atoms with Crippen LogP contribution in [-0.2, 0) is 9.53 Å². The number of rotatable bonds is 6. The molecule has 1 atom stereocenters. The fraction of sp³-hybridized carbons (Fsp3) is 0.875. The quantitative estimate of drug-likeness (QED) is 0.374. The number of thiol groups is 1. The van der Waals surface area contributed by atoms with Crippen molar-refractivity contribution in [2.75, 3.05) is 12.4 Å². The summed E-state index contributed by atoms with van der Waals surface area (Å²) in [4.78, 5) is 11.0. The number of carbonyl (C=O) groups excluding carboxylic acids is 1. The van der Waals surface area contributed by atoms with E-state index in [1.54, 1.807) is 0 Å². The molecule has 0 saturated carbocycles. The molecule has 12 heavy (non-hydrogen) atoms. The van der Waals surface area contributed by atoms with Crippen molar-refractivity contribution in [2.24, 2.45) is 5.73 Å². The van der Waals surface area contributed by atoms with Crippen LogP contribution in [0, 0.1) is 0 Å². The fourth-order valence-corrected chi connectivity index (χ4v) is 0.959. The molecule has 2 N–H and O–H groups in total. The second-order valence-electron chi connectivity index (χ2n) is 2.64. The maximum atomic E-state index is 11.0. The number of hydrogen-bond donors (Lipinski definition) is 2. The molecule has 0 aromatic carbocycles. The van der Waals surface area contributed by atoms with Gasteiger partial charge < -0.3 is 10.5 Å². The molecule has 4 heteroatoms. The Labute approximate surface area is 79.1 Å². The van der Waals surface area contributed by atoms with Crippen LogP contribution in [0.2, 0.25) is 0 Å². The Hall–Kier alpha value is -0.220. The molecule has 0 radical (unpaired) electrons. The summed E-state index contributed by atoms with van der Waals surface area (Å²) in [6.07, 6.45) is 2.50. The number of unbranched alkanes of at least 4 members (excludes halogenated alkanes) is 1. The molecule has 3 nitrogen and oxygen atoms in total. The van der Waals surface area contributed by atoms with Gasteiger partial charge >= 0.3 is 5.97 Å². The Morgan fingerprint density at radius 1 is 1.67 bits per heavy atom. The number of esters is 1. The summed E-state index contributed by atoms with van der Waals surface area (Å²) in [5.74, 6) is 0.307. The Morgan fingerprint density at radius 3 is 2.83 bits per heavy atom. The van der Waals surface area contributed by atoms with Crippen molar-refractivity contribution in [3.8, 4) is 0 Å². The molecule has 0 rings (SSSR count). The van der Waals surface area contributed by atoms with E-state index in [-0.39, 0.29) is 5.97 Å². The van der Waals surface area contributed by atoms with Crippen molar-refractivity contribution in [1.82, 2.24) is 0 Å². The summed E-state index contributed by atoms with van der Waals surface area (Å²) in [5.41, 5.74) is 5.49. The minimum atomic E-state index is -0.501. The van der Waals surface area contributed by atoms with Crippen LogP contribution >= 0.6 is 12.6 Å². The van der Waals surface area contributed by atoms with Crippen LogP contribution in [0.3, 0.4) is 0 Å². The maximum absolute atomic E-state index is 11.0. The second-order valence-corrected chi connectivity index (χ2v) is 3.09. The first-order valence-corrected chi connectivity index (χ1v) is 4.88. The predicted molar refractivity (Wildman–Crippen MR) is 52.3 cm³/mol. The molecular formula is C8H17NO2S. The van der Waals surface area contributed by atoms with E-state index < -0.39 is 6.04 Å². The van der Waals surface area contributed by atoms with Gasteiger partial charge in [0, 0.05) is 0 Å². The Morgan fingerprint density at radius 2 is 2.33 bits per heavy atom. The zero-order valence-electron chi connectivity index (χ0n) is 7.45. The summed E-state index contributed by atoms with van der Waals surface area (Å²) in [6, 6.07) is -0.501. The van der Waals surface area contributed by atoms with Crippen LogP contribution in [0.4, 0.5) is 0 Å². The van der Waals surface area contributed by atoms with Crippen molar-refractivity contribution in [3.63, 3.8) is 0 Å². The van der Waals surface area contributed by atoms with Crippen LogP contribution in [0.5, 0.6) is 0 Å². The van der Waals surface area contributed by atoms with E-state index in [1.165, 1.54) is 0 Å². The second kappa shape index (κ2) is 7.43. The molecule has 0 aliphatic rings. The van der Waals surface area contributed by atoms with Gasteiger partial charge in [0.05, 0.1) is 6.61 Å². The molecule has 72 valence electrons. The van der Waals surface area contributed by atoms with Crippen LogP contribution in [0.25, 0.3) is 0 Å². The SMILES string of the molecule is CCCCOC(=O)[C@@H](N)CCS. The Kier molecular flexibility index (Phi) is 7.29. The lowest BCUT2D eigenvalue weighted by Gasteiger charge is -2.09. The molecular weight excluding hydrogens is 174 g/mol. The van der Waals surface area contributed by atoms with E-state index in [4.69, 9.17) is 10.5 Å². The molecule has 0 aromatic heterocycles. The highest BCUT2D eigenvalue weighted by molar-refractivity contribution is 7.80. The minimum absolute atomic E-state index is 0.308. The number of nitrogens with two attached hydrogens (primary N) is 1. The Balaban J connectivity index is 3.43. The molecule has 0 heterocycles. The van der Waals surface area contributed by atoms with Crippen molar-refractivity contribution < 1.29 is 9.53 Å². The van der Waals surface area contributed by atoms with Gasteiger partial charge in [-0.2, -0.15) is 12.6 Å². The summed E-state index contributed by atoms with van der Waals surface area (Å²) in [6.45, 7) is 2.52. The van der Waals surface area contributed by atoms with E-state index in [1.807, 2.05) is 6.92 Å². The predicted octanol–water partition coefficient (Wildman–Crippen LogP) is 0.977. The van der Waals surface area contributed by atoms with E-state index in [0.29, 0.717) is 18.8 Å². The van der Waals surface area contributed by atoms with Gasteiger partial charge in [0.1, 0.15) is 6.04 Å². The zero-order valence-corrected chi connectivity index (χ0v) is 8.35. The van der Waals surface area contributed by atoms with Crippen LogP contribution in [0.15, 0.2) is 0 Å². The lowest BCUT2D eigenvalue weighted by molar-refractivity contribution is -0.145. The minimum Gasteiger partial charge on any atom is -0.465 e. The standard InChI is InChI=1S/C8H17NO2S/c1-2-3-5-11-8(10)7(9)4-6-12/h7,12H,2-6,9H2,1H3/t7-/m0/s1. The highest BCUT2D eigenvalue weighted by Crippen LogP contribution is 1.96. The van der Waals surface area contributed by atoms with Crippen molar-refractivity contribution in [1.29, 1.82) is 0 Å². The van der Waals surface area contributed by atoms with Crippen molar-refractivity contribution >= 4 is 18.6 Å². The maximum Gasteiger partial charge on any atom is 0.322 e. The molecule has 0 fully saturated rings. The van der Waals surface area contributed by atoms with Gasteiger partial charge in [0.2, 0.25) is 0 Å². The Bertz CT molecular complexity index is 130. The third kappa shape index (κ3) is 5.43. The van der Waals surface area contributed by atoms with E-state index >= 15 is 0 Å². The fourth-order valence-electron chi connectivity index (χ4n) is 0.681. The molecule has 0 unspecified atom stereocenters. The molecule has 0 spiro atoms. The van der Waals surface area contributed by atoms with Crippen LogP contribution in [0.1, 0.15) is 26.2 Å². The lowest BCUT2D eigenvalue weighted by atomic mass is 10.2. The van der Waals surface area contributed by atoms with E-state index in [2.05, 4.69) is 12.6 Å². The molecule has 0 aromatic rings. The largest absolute Gasteiger partial charge is 0.465 e. The van der Waals surface area contributed by atoms with E-state index in [0.717, 1.165) is 12.8 Å². The average Bonchev–Trinajstić information content (AvgIpc) is 2.05. The molecule has 0 bridgehead atoms. The molecule has 0 amide bonds. The first-order chi connectivity index (χ1) is 5.72. The van der Waals surface area contributed by atoms with Gasteiger partial charge in [0.25, 0.3) is 0 Å². The van der Waals surface area contributed by atoms with E-state index in [9.17, 15) is 4.79 Å². The highest BCUT2D eigenvalue weighted by atomic mass is 32.1. The van der Waals surface area contributed by atoms with Crippen molar-refractivity contribution in [2.45, 2.75) is 32.2 Å². The summed E-state index contributed by atoms with van der Waals surface area (Å²) in [7, 11) is 0. The first kappa shape index (κ1) is 11.8. The number of ether oxygens (including phenoxy) is 1. The van der Waals surface area contributed by atoms with Gasteiger partial charge in [-0.1, -0.05) is 13.3 Å². The van der Waals surface area contributed by atoms with Gasteiger partial charge in [-0.05, 0) is 18.6 Å². The molecule has 0 aliphatic heterocycles. The van der Waals surface area contributed by atoms with Gasteiger partial charge in [-0.3, -0.25) is 4.79 Å². The highest BCUT2D eigenvalue weighted by Gasteiger charge is 2.12. The lowest BCUT2D eigenvalue weighted by Crippen LogP contribution is -2.32. The number of hydrogen-bond acceptors (Lipinski definition) is 4. The smallest absolute Gasteiger partial charge is 0.322 e. The summed E-state index contributed by atoms with van der Waals surface area (Å²) >= 11 is 3.98. The van der Waals surface area contributed by atoms with Crippen molar-refractivity contribution in [3.05, 3.63) is 0 Å². The zero-order chi connectivity index (χ0) is 9.40. The third-order valence-electron chi connectivity index (χ3n) is 1.49. The molecule has 0 aliphatic carbocycles. The molecule has 0 saturated heterocycles. The monoisotopic (exact) mass is 191 g/mol. The topological polar surface area (TPSA) is 52.3 Å². The van der Waals surface area contributed by atoms with Crippen LogP contribution in [-0.4, -0.2) is 24.4 Å².